The fourth-order valence-electron chi connectivity index (χ4n) is 1.30. The first kappa shape index (κ1) is 11.1. The van der Waals surface area contributed by atoms with Crippen molar-refractivity contribution in [3.05, 3.63) is 30.1 Å². The molecule has 0 aromatic carbocycles. The van der Waals surface area contributed by atoms with Crippen LogP contribution in [0.4, 0.5) is 0 Å². The monoisotopic (exact) mass is 194 g/mol. The van der Waals surface area contributed by atoms with Gasteiger partial charge in [0.2, 0.25) is 0 Å². The number of aromatic nitrogens is 1. The molecular weight excluding hydrogens is 176 g/mol. The maximum absolute atomic E-state index is 5.63. The van der Waals surface area contributed by atoms with E-state index >= 15 is 0 Å². The number of hydrogen-bond donors (Lipinski definition) is 2. The summed E-state index contributed by atoms with van der Waals surface area (Å²) < 4.78 is 0. The van der Waals surface area contributed by atoms with Gasteiger partial charge in [-0.05, 0) is 24.6 Å². The van der Waals surface area contributed by atoms with Crippen LogP contribution < -0.4 is 11.5 Å². The lowest BCUT2D eigenvalue weighted by molar-refractivity contribution is 0.271. The summed E-state index contributed by atoms with van der Waals surface area (Å²) >= 11 is 0. The second-order valence-electron chi connectivity index (χ2n) is 3.24. The highest BCUT2D eigenvalue weighted by molar-refractivity contribution is 5.07. The van der Waals surface area contributed by atoms with Crippen molar-refractivity contribution in [3.63, 3.8) is 0 Å². The zero-order chi connectivity index (χ0) is 10.2. The Labute approximate surface area is 84.9 Å². The van der Waals surface area contributed by atoms with Crippen LogP contribution in [0, 0.1) is 0 Å². The van der Waals surface area contributed by atoms with Gasteiger partial charge in [-0.25, -0.2) is 0 Å². The van der Waals surface area contributed by atoms with Crippen LogP contribution in [-0.2, 0) is 6.54 Å². The van der Waals surface area contributed by atoms with Gasteiger partial charge in [-0.1, -0.05) is 6.07 Å². The topological polar surface area (TPSA) is 68.2 Å². The molecule has 0 fully saturated rings. The van der Waals surface area contributed by atoms with Gasteiger partial charge in [-0.15, -0.1) is 0 Å². The molecule has 4 heteroatoms. The molecule has 1 heterocycles. The molecule has 0 bridgehead atoms. The third kappa shape index (κ3) is 3.83. The van der Waals surface area contributed by atoms with Gasteiger partial charge < -0.3 is 11.5 Å². The van der Waals surface area contributed by atoms with Gasteiger partial charge in [-0.3, -0.25) is 9.88 Å². The van der Waals surface area contributed by atoms with Crippen LogP contribution in [-0.4, -0.2) is 29.6 Å². The van der Waals surface area contributed by atoms with E-state index in [1.165, 1.54) is 5.56 Å². The minimum atomic E-state index is 0.564. The summed E-state index contributed by atoms with van der Waals surface area (Å²) in [6, 6.07) is 3.99. The van der Waals surface area contributed by atoms with Crippen molar-refractivity contribution in [2.75, 3.05) is 19.8 Å². The standard InChI is InChI=1S/C10H18N4/c11-4-2-6-14(9-12)8-10-3-1-5-13-7-10/h1,3,5,7H,2,4,6,8-9,11-12H2. The second kappa shape index (κ2) is 6.48. The molecule has 1 aromatic rings. The van der Waals surface area contributed by atoms with E-state index in [-0.39, 0.29) is 0 Å². The molecule has 0 radical (unpaired) electrons. The van der Waals surface area contributed by atoms with Crippen molar-refractivity contribution in [3.8, 4) is 0 Å². The lowest BCUT2D eigenvalue weighted by Gasteiger charge is -2.19. The van der Waals surface area contributed by atoms with Gasteiger partial charge in [0, 0.05) is 32.2 Å². The minimum absolute atomic E-state index is 0.564. The summed E-state index contributed by atoms with van der Waals surface area (Å²) in [4.78, 5) is 6.22. The largest absolute Gasteiger partial charge is 0.330 e. The Balaban J connectivity index is 2.40. The Kier molecular flexibility index (Phi) is 5.14. The van der Waals surface area contributed by atoms with Gasteiger partial charge >= 0.3 is 0 Å². The zero-order valence-corrected chi connectivity index (χ0v) is 8.39. The van der Waals surface area contributed by atoms with E-state index in [1.54, 1.807) is 6.20 Å². The maximum Gasteiger partial charge on any atom is 0.0458 e. The molecule has 0 aliphatic rings. The number of nitrogens with two attached hydrogens (primary N) is 2. The van der Waals surface area contributed by atoms with Gasteiger partial charge in [0.1, 0.15) is 0 Å². The molecule has 78 valence electrons. The fourth-order valence-corrected chi connectivity index (χ4v) is 1.30. The predicted octanol–water partition coefficient (Wildman–Crippen LogP) is 0.149. The van der Waals surface area contributed by atoms with E-state index in [2.05, 4.69) is 16.0 Å². The first-order valence-electron chi connectivity index (χ1n) is 4.88. The van der Waals surface area contributed by atoms with Crippen molar-refractivity contribution >= 4 is 0 Å². The summed E-state index contributed by atoms with van der Waals surface area (Å²) in [6.07, 6.45) is 4.62. The number of pyridine rings is 1. The molecule has 0 aliphatic carbocycles. The summed E-state index contributed by atoms with van der Waals surface area (Å²) in [5.74, 6) is 0. The van der Waals surface area contributed by atoms with Crippen LogP contribution in [0.25, 0.3) is 0 Å². The first-order valence-corrected chi connectivity index (χ1v) is 4.88. The van der Waals surface area contributed by atoms with Gasteiger partial charge in [0.15, 0.2) is 0 Å². The minimum Gasteiger partial charge on any atom is -0.330 e. The van der Waals surface area contributed by atoms with Crippen molar-refractivity contribution in [1.29, 1.82) is 0 Å². The van der Waals surface area contributed by atoms with Gasteiger partial charge in [0.05, 0.1) is 0 Å². The van der Waals surface area contributed by atoms with Crippen molar-refractivity contribution in [2.24, 2.45) is 11.5 Å². The second-order valence-corrected chi connectivity index (χ2v) is 3.24. The summed E-state index contributed by atoms with van der Waals surface area (Å²) in [6.45, 7) is 3.07. The molecule has 0 unspecified atom stereocenters. The molecule has 4 nitrogen and oxygen atoms in total. The van der Waals surface area contributed by atoms with Crippen LogP contribution in [0.15, 0.2) is 24.5 Å². The molecule has 0 spiro atoms. The molecule has 0 saturated heterocycles. The molecule has 0 saturated carbocycles. The normalized spacial score (nSPS) is 10.8. The summed E-state index contributed by atoms with van der Waals surface area (Å²) in [7, 11) is 0. The Hall–Kier alpha value is -0.970. The SMILES string of the molecule is NCCCN(CN)Cc1cccnc1. The lowest BCUT2D eigenvalue weighted by atomic mass is 10.2. The van der Waals surface area contributed by atoms with Crippen molar-refractivity contribution < 1.29 is 0 Å². The smallest absolute Gasteiger partial charge is 0.0458 e. The quantitative estimate of drug-likeness (QED) is 0.632. The highest BCUT2D eigenvalue weighted by atomic mass is 15.2. The van der Waals surface area contributed by atoms with Crippen LogP contribution in [0.1, 0.15) is 12.0 Å². The third-order valence-corrected chi connectivity index (χ3v) is 2.07. The molecule has 1 rings (SSSR count). The molecule has 0 amide bonds. The van der Waals surface area contributed by atoms with Crippen LogP contribution in [0.5, 0.6) is 0 Å². The average Bonchev–Trinajstić information content (AvgIpc) is 2.25. The van der Waals surface area contributed by atoms with Gasteiger partial charge in [0.25, 0.3) is 0 Å². The van der Waals surface area contributed by atoms with Crippen molar-refractivity contribution in [1.82, 2.24) is 9.88 Å². The Morgan fingerprint density at radius 2 is 2.21 bits per heavy atom. The van der Waals surface area contributed by atoms with E-state index in [1.807, 2.05) is 12.3 Å². The summed E-state index contributed by atoms with van der Waals surface area (Å²) in [5.41, 5.74) is 12.3. The Bertz CT molecular complexity index is 237. The molecule has 14 heavy (non-hydrogen) atoms. The number of hydrogen-bond acceptors (Lipinski definition) is 4. The maximum atomic E-state index is 5.63. The number of rotatable bonds is 6. The highest BCUT2D eigenvalue weighted by Gasteiger charge is 2.02. The molecule has 0 aliphatic heterocycles. The molecule has 4 N–H and O–H groups in total. The number of nitrogens with zero attached hydrogens (tertiary/aromatic N) is 2. The van der Waals surface area contributed by atoms with E-state index in [0.29, 0.717) is 13.2 Å². The third-order valence-electron chi connectivity index (χ3n) is 2.07. The lowest BCUT2D eigenvalue weighted by Crippen LogP contribution is -2.31. The van der Waals surface area contributed by atoms with Crippen LogP contribution in [0.3, 0.4) is 0 Å². The van der Waals surface area contributed by atoms with Crippen LogP contribution >= 0.6 is 0 Å². The Morgan fingerprint density at radius 1 is 1.36 bits per heavy atom. The van der Waals surface area contributed by atoms with E-state index < -0.39 is 0 Å². The van der Waals surface area contributed by atoms with Gasteiger partial charge in [-0.2, -0.15) is 0 Å². The molecular formula is C10H18N4. The van der Waals surface area contributed by atoms with E-state index in [9.17, 15) is 0 Å². The average molecular weight is 194 g/mol. The van der Waals surface area contributed by atoms with E-state index in [0.717, 1.165) is 19.5 Å². The predicted molar refractivity (Wildman–Crippen MR) is 57.4 cm³/mol. The van der Waals surface area contributed by atoms with Crippen molar-refractivity contribution in [2.45, 2.75) is 13.0 Å². The summed E-state index contributed by atoms with van der Waals surface area (Å²) in [5, 5.41) is 0. The first-order chi connectivity index (χ1) is 6.86. The highest BCUT2D eigenvalue weighted by Crippen LogP contribution is 2.01. The molecule has 0 atom stereocenters. The zero-order valence-electron chi connectivity index (χ0n) is 8.39. The molecule has 1 aromatic heterocycles. The van der Waals surface area contributed by atoms with Crippen LogP contribution in [0.2, 0.25) is 0 Å². The fraction of sp³-hybridized carbons (Fsp3) is 0.500. The van der Waals surface area contributed by atoms with E-state index in [4.69, 9.17) is 11.5 Å². The Morgan fingerprint density at radius 3 is 2.79 bits per heavy atom.